The van der Waals surface area contributed by atoms with E-state index in [1.165, 1.54) is 11.5 Å². The van der Waals surface area contributed by atoms with Gasteiger partial charge in [0.15, 0.2) is 0 Å². The first-order valence-corrected chi connectivity index (χ1v) is 7.57. The highest BCUT2D eigenvalue weighted by Gasteiger charge is 2.15. The van der Waals surface area contributed by atoms with Crippen LogP contribution in [0.15, 0.2) is 34.2 Å². The predicted molar refractivity (Wildman–Crippen MR) is 81.4 cm³/mol. The molecule has 3 aromatic rings. The Hall–Kier alpha value is -2.32. The molecule has 0 aliphatic carbocycles. The molecule has 0 radical (unpaired) electrons. The fourth-order valence-electron chi connectivity index (χ4n) is 1.90. The van der Waals surface area contributed by atoms with Gasteiger partial charge in [-0.05, 0) is 30.6 Å². The molecule has 2 heterocycles. The molecule has 1 atom stereocenters. The molecular weight excluding hydrogens is 302 g/mol. The van der Waals surface area contributed by atoms with E-state index in [9.17, 15) is 0 Å². The van der Waals surface area contributed by atoms with Crippen molar-refractivity contribution in [2.45, 2.75) is 19.5 Å². The average molecular weight is 317 g/mol. The minimum absolute atomic E-state index is 0.0754. The van der Waals surface area contributed by atoms with Gasteiger partial charge in [0.1, 0.15) is 5.75 Å². The van der Waals surface area contributed by atoms with Gasteiger partial charge in [-0.3, -0.25) is 0 Å². The largest absolute Gasteiger partial charge is 0.497 e. The molecule has 114 valence electrons. The third kappa shape index (κ3) is 3.29. The average Bonchev–Trinajstić information content (AvgIpc) is 3.24. The molecule has 7 nitrogen and oxygen atoms in total. The first kappa shape index (κ1) is 14.6. The van der Waals surface area contributed by atoms with Gasteiger partial charge in [-0.2, -0.15) is 4.98 Å². The third-order valence-electron chi connectivity index (χ3n) is 3.13. The zero-order chi connectivity index (χ0) is 15.4. The molecular formula is C14H15N5O2S. The standard InChI is InChI=1S/C14H15N5O2S/c1-9(15-7-11-8-22-19-17-11)14-16-13(18-21-14)10-4-3-5-12(6-10)20-2/h3-6,8-9,15H,7H2,1-2H3. The molecule has 1 unspecified atom stereocenters. The Kier molecular flexibility index (Phi) is 4.40. The minimum atomic E-state index is -0.0754. The molecule has 2 aromatic heterocycles. The topological polar surface area (TPSA) is 86.0 Å². The molecule has 3 rings (SSSR count). The lowest BCUT2D eigenvalue weighted by Crippen LogP contribution is -2.18. The summed E-state index contributed by atoms with van der Waals surface area (Å²) >= 11 is 1.33. The molecule has 1 N–H and O–H groups in total. The van der Waals surface area contributed by atoms with Crippen LogP contribution in [0.1, 0.15) is 24.6 Å². The number of nitrogens with one attached hydrogen (secondary N) is 1. The smallest absolute Gasteiger partial charge is 0.243 e. The van der Waals surface area contributed by atoms with Crippen LogP contribution in [0.25, 0.3) is 11.4 Å². The van der Waals surface area contributed by atoms with Crippen molar-refractivity contribution in [2.75, 3.05) is 7.11 Å². The Bertz CT molecular complexity index is 728. The van der Waals surface area contributed by atoms with Crippen LogP contribution in [-0.2, 0) is 6.54 Å². The van der Waals surface area contributed by atoms with Crippen LogP contribution in [0.3, 0.4) is 0 Å². The van der Waals surface area contributed by atoms with E-state index in [2.05, 4.69) is 25.0 Å². The van der Waals surface area contributed by atoms with E-state index < -0.39 is 0 Å². The number of aromatic nitrogens is 4. The van der Waals surface area contributed by atoms with Crippen molar-refractivity contribution >= 4 is 11.5 Å². The van der Waals surface area contributed by atoms with Gasteiger partial charge >= 0.3 is 0 Å². The quantitative estimate of drug-likeness (QED) is 0.747. The molecule has 0 spiro atoms. The van der Waals surface area contributed by atoms with Crippen LogP contribution in [-0.4, -0.2) is 26.8 Å². The molecule has 0 amide bonds. The Morgan fingerprint density at radius 2 is 2.32 bits per heavy atom. The van der Waals surface area contributed by atoms with Crippen LogP contribution in [0, 0.1) is 0 Å². The van der Waals surface area contributed by atoms with Crippen LogP contribution in [0.4, 0.5) is 0 Å². The normalized spacial score (nSPS) is 12.3. The van der Waals surface area contributed by atoms with Crippen molar-refractivity contribution in [2.24, 2.45) is 0 Å². The number of hydrogen-bond acceptors (Lipinski definition) is 8. The van der Waals surface area contributed by atoms with Gasteiger partial charge in [-0.25, -0.2) is 0 Å². The van der Waals surface area contributed by atoms with Gasteiger partial charge in [0.2, 0.25) is 11.7 Å². The number of hydrogen-bond donors (Lipinski definition) is 1. The lowest BCUT2D eigenvalue weighted by molar-refractivity contribution is 0.338. The SMILES string of the molecule is COc1cccc(-c2noc(C(C)NCc3csnn3)n2)c1. The lowest BCUT2D eigenvalue weighted by Gasteiger charge is -2.06. The number of ether oxygens (including phenoxy) is 1. The molecule has 1 aromatic carbocycles. The molecule has 0 bridgehead atoms. The predicted octanol–water partition coefficient (Wildman–Crippen LogP) is 2.45. The summed E-state index contributed by atoms with van der Waals surface area (Å²) in [6.07, 6.45) is 0. The molecule has 0 aliphatic rings. The van der Waals surface area contributed by atoms with E-state index in [1.54, 1.807) is 7.11 Å². The summed E-state index contributed by atoms with van der Waals surface area (Å²) in [7, 11) is 1.63. The minimum Gasteiger partial charge on any atom is -0.497 e. The number of methoxy groups -OCH3 is 1. The van der Waals surface area contributed by atoms with Crippen molar-refractivity contribution < 1.29 is 9.26 Å². The van der Waals surface area contributed by atoms with Crippen LogP contribution in [0.5, 0.6) is 5.75 Å². The van der Waals surface area contributed by atoms with E-state index in [-0.39, 0.29) is 6.04 Å². The molecule has 22 heavy (non-hydrogen) atoms. The number of rotatable bonds is 6. The van der Waals surface area contributed by atoms with E-state index in [0.717, 1.165) is 17.0 Å². The summed E-state index contributed by atoms with van der Waals surface area (Å²) in [5.74, 6) is 1.82. The zero-order valence-corrected chi connectivity index (χ0v) is 13.0. The molecule has 8 heteroatoms. The first-order valence-electron chi connectivity index (χ1n) is 6.73. The Labute approximate surface area is 131 Å². The zero-order valence-electron chi connectivity index (χ0n) is 12.2. The maximum atomic E-state index is 5.33. The van der Waals surface area contributed by atoms with Gasteiger partial charge in [0.05, 0.1) is 18.8 Å². The maximum Gasteiger partial charge on any atom is 0.243 e. The van der Waals surface area contributed by atoms with Crippen LogP contribution >= 0.6 is 11.5 Å². The third-order valence-corrected chi connectivity index (χ3v) is 3.69. The molecule has 0 saturated heterocycles. The van der Waals surface area contributed by atoms with Crippen LogP contribution in [0.2, 0.25) is 0 Å². The van der Waals surface area contributed by atoms with Crippen LogP contribution < -0.4 is 10.1 Å². The summed E-state index contributed by atoms with van der Waals surface area (Å²) in [4.78, 5) is 4.43. The Morgan fingerprint density at radius 3 is 3.09 bits per heavy atom. The van der Waals surface area contributed by atoms with Gasteiger partial charge in [0, 0.05) is 17.5 Å². The Balaban J connectivity index is 1.69. The second-order valence-corrected chi connectivity index (χ2v) is 5.30. The Morgan fingerprint density at radius 1 is 1.41 bits per heavy atom. The van der Waals surface area contributed by atoms with E-state index in [1.807, 2.05) is 36.6 Å². The second kappa shape index (κ2) is 6.63. The fraction of sp³-hybridized carbons (Fsp3) is 0.286. The van der Waals surface area contributed by atoms with E-state index >= 15 is 0 Å². The van der Waals surface area contributed by atoms with E-state index in [0.29, 0.717) is 18.3 Å². The van der Waals surface area contributed by atoms with Crippen molar-refractivity contribution in [1.82, 2.24) is 25.0 Å². The van der Waals surface area contributed by atoms with Gasteiger partial charge in [-0.1, -0.05) is 21.8 Å². The summed E-state index contributed by atoms with van der Waals surface area (Å²) in [6, 6.07) is 7.47. The van der Waals surface area contributed by atoms with Gasteiger partial charge in [0.25, 0.3) is 0 Å². The van der Waals surface area contributed by atoms with Crippen molar-refractivity contribution in [1.29, 1.82) is 0 Å². The summed E-state index contributed by atoms with van der Waals surface area (Å²) in [5.41, 5.74) is 1.75. The first-order chi connectivity index (χ1) is 10.8. The van der Waals surface area contributed by atoms with Crippen molar-refractivity contribution in [3.05, 3.63) is 41.2 Å². The highest BCUT2D eigenvalue weighted by molar-refractivity contribution is 7.03. The van der Waals surface area contributed by atoms with Gasteiger partial charge in [-0.15, -0.1) is 5.10 Å². The highest BCUT2D eigenvalue weighted by atomic mass is 32.1. The fourth-order valence-corrected chi connectivity index (χ4v) is 2.35. The summed E-state index contributed by atoms with van der Waals surface area (Å²) < 4.78 is 14.3. The molecule has 0 fully saturated rings. The highest BCUT2D eigenvalue weighted by Crippen LogP contribution is 2.22. The second-order valence-electron chi connectivity index (χ2n) is 4.69. The lowest BCUT2D eigenvalue weighted by atomic mass is 10.2. The molecule has 0 aliphatic heterocycles. The monoisotopic (exact) mass is 317 g/mol. The maximum absolute atomic E-state index is 5.33. The molecule has 0 saturated carbocycles. The van der Waals surface area contributed by atoms with Gasteiger partial charge < -0.3 is 14.6 Å². The summed E-state index contributed by atoms with van der Waals surface area (Å²) in [5, 5.41) is 13.2. The number of nitrogens with zero attached hydrogens (tertiary/aromatic N) is 4. The number of benzene rings is 1. The van der Waals surface area contributed by atoms with Crippen molar-refractivity contribution in [3.63, 3.8) is 0 Å². The summed E-state index contributed by atoms with van der Waals surface area (Å²) in [6.45, 7) is 2.57. The van der Waals surface area contributed by atoms with Crippen molar-refractivity contribution in [3.8, 4) is 17.1 Å². The van der Waals surface area contributed by atoms with E-state index in [4.69, 9.17) is 9.26 Å².